The van der Waals surface area contributed by atoms with E-state index < -0.39 is 12.0 Å². The Labute approximate surface area is 284 Å². The smallest absolute Gasteiger partial charge is 0.338 e. The minimum atomic E-state index is -0.846. The predicted molar refractivity (Wildman–Crippen MR) is 185 cm³/mol. The molecule has 46 heavy (non-hydrogen) atoms. The normalized spacial score (nSPS) is 14.8. The molecule has 0 N–H and O–H groups in total. The minimum absolute atomic E-state index is 0.177. The number of rotatable bonds is 9. The fourth-order valence-corrected chi connectivity index (χ4v) is 7.49. The van der Waals surface area contributed by atoms with Crippen LogP contribution in [0.15, 0.2) is 87.9 Å². The fraction of sp³-hybridized carbons (Fsp3) is 0.229. The lowest BCUT2D eigenvalue weighted by atomic mass is 9.93. The van der Waals surface area contributed by atoms with Gasteiger partial charge in [-0.2, -0.15) is 0 Å². The summed E-state index contributed by atoms with van der Waals surface area (Å²) in [5.41, 5.74) is 3.95. The third kappa shape index (κ3) is 6.02. The van der Waals surface area contributed by atoms with E-state index in [2.05, 4.69) is 4.57 Å². The molecule has 0 aliphatic carbocycles. The molecular weight excluding hydrogens is 665 g/mol. The topological polar surface area (TPSA) is 74.8 Å². The summed E-state index contributed by atoms with van der Waals surface area (Å²) in [4.78, 5) is 33.3. The number of hydrogen-bond acceptors (Lipinski definition) is 6. The molecule has 0 saturated carbocycles. The number of allylic oxidation sites excluding steroid dienone is 1. The average molecular weight is 695 g/mol. The SMILES string of the molecule is CCCC1=C(C(=O)OCC)[C@H](c2cc(Cl)ccc2OC)n2c(s/c(=C/c3cn(Cc4ccc(Cl)cc4Cl)c4ccccc34)c2=O)=N1. The van der Waals surface area contributed by atoms with Crippen molar-refractivity contribution in [3.05, 3.63) is 130 Å². The summed E-state index contributed by atoms with van der Waals surface area (Å²) in [6, 6.07) is 17.8. The quantitative estimate of drug-likeness (QED) is 0.149. The number of hydrogen-bond donors (Lipinski definition) is 0. The zero-order chi connectivity index (χ0) is 32.5. The minimum Gasteiger partial charge on any atom is -0.496 e. The Kier molecular flexibility index (Phi) is 9.43. The molecule has 7 nitrogen and oxygen atoms in total. The van der Waals surface area contributed by atoms with E-state index in [1.807, 2.05) is 55.6 Å². The van der Waals surface area contributed by atoms with E-state index >= 15 is 0 Å². The van der Waals surface area contributed by atoms with Crippen molar-refractivity contribution in [1.82, 2.24) is 9.13 Å². The first-order valence-corrected chi connectivity index (χ1v) is 16.8. The van der Waals surface area contributed by atoms with Crippen LogP contribution in [0.2, 0.25) is 15.1 Å². The van der Waals surface area contributed by atoms with Crippen molar-refractivity contribution in [2.24, 2.45) is 4.99 Å². The van der Waals surface area contributed by atoms with Crippen LogP contribution in [0.5, 0.6) is 5.75 Å². The number of benzene rings is 3. The molecule has 0 radical (unpaired) electrons. The Balaban J connectivity index is 1.57. The van der Waals surface area contributed by atoms with Crippen LogP contribution in [0.25, 0.3) is 17.0 Å². The van der Waals surface area contributed by atoms with Gasteiger partial charge in [-0.15, -0.1) is 0 Å². The average Bonchev–Trinajstić information content (AvgIpc) is 3.54. The molecule has 5 aromatic rings. The maximum Gasteiger partial charge on any atom is 0.338 e. The lowest BCUT2D eigenvalue weighted by molar-refractivity contribution is -0.139. The number of thiazole rings is 1. The Morgan fingerprint density at radius 3 is 2.54 bits per heavy atom. The zero-order valence-corrected chi connectivity index (χ0v) is 28.4. The number of ether oxygens (including phenoxy) is 2. The maximum atomic E-state index is 14.4. The third-order valence-corrected chi connectivity index (χ3v) is 9.65. The Morgan fingerprint density at radius 2 is 1.80 bits per heavy atom. The molecule has 0 fully saturated rings. The van der Waals surface area contributed by atoms with Crippen molar-refractivity contribution in [1.29, 1.82) is 0 Å². The molecule has 0 spiro atoms. The van der Waals surface area contributed by atoms with Crippen LogP contribution in [-0.2, 0) is 16.1 Å². The van der Waals surface area contributed by atoms with Crippen LogP contribution in [-0.4, -0.2) is 28.8 Å². The molecule has 1 atom stereocenters. The predicted octanol–water partition coefficient (Wildman–Crippen LogP) is 7.55. The Bertz CT molecular complexity index is 2200. The van der Waals surface area contributed by atoms with Gasteiger partial charge in [0.05, 0.1) is 29.5 Å². The highest BCUT2D eigenvalue weighted by Gasteiger charge is 2.36. The van der Waals surface area contributed by atoms with Crippen LogP contribution in [0, 0.1) is 0 Å². The number of para-hydroxylation sites is 1. The molecule has 0 amide bonds. The van der Waals surface area contributed by atoms with E-state index in [9.17, 15) is 9.59 Å². The second-order valence-electron chi connectivity index (χ2n) is 10.8. The highest BCUT2D eigenvalue weighted by atomic mass is 35.5. The lowest BCUT2D eigenvalue weighted by Crippen LogP contribution is -2.40. The van der Waals surface area contributed by atoms with Crippen molar-refractivity contribution in [3.8, 4) is 5.75 Å². The van der Waals surface area contributed by atoms with Crippen LogP contribution in [0.3, 0.4) is 0 Å². The molecule has 1 aliphatic heterocycles. The standard InChI is InChI=1S/C35H30Cl3N3O4S/c1-4-8-27-31(34(43)45-5-2)32(25-16-22(36)13-14-29(25)44-3)41-33(42)30(46-35(41)39-27)15-21-19-40(28-10-7-6-9-24(21)28)18-20-11-12-23(37)17-26(20)38/h6-7,9-17,19,32H,4-5,8,18H2,1-3H3/b30-15+/t32-/m0/s1. The highest BCUT2D eigenvalue weighted by Crippen LogP contribution is 2.38. The molecular formula is C35H30Cl3N3O4S. The molecule has 3 aromatic carbocycles. The van der Waals surface area contributed by atoms with Crippen molar-refractivity contribution in [2.75, 3.05) is 13.7 Å². The molecule has 236 valence electrons. The summed E-state index contributed by atoms with van der Waals surface area (Å²) in [5.74, 6) is -0.0348. The second-order valence-corrected chi connectivity index (χ2v) is 13.1. The Morgan fingerprint density at radius 1 is 1.04 bits per heavy atom. The molecule has 11 heteroatoms. The van der Waals surface area contributed by atoms with Crippen molar-refractivity contribution in [2.45, 2.75) is 39.3 Å². The van der Waals surface area contributed by atoms with Gasteiger partial charge in [-0.25, -0.2) is 9.79 Å². The van der Waals surface area contributed by atoms with E-state index in [1.54, 1.807) is 42.9 Å². The summed E-state index contributed by atoms with van der Waals surface area (Å²) < 4.78 is 15.4. The third-order valence-electron chi connectivity index (χ3n) is 7.84. The molecule has 2 aromatic heterocycles. The molecule has 0 unspecified atom stereocenters. The summed E-state index contributed by atoms with van der Waals surface area (Å²) in [7, 11) is 1.55. The number of carbonyl (C=O) groups excluding carboxylic acids is 1. The van der Waals surface area contributed by atoms with Crippen LogP contribution >= 0.6 is 46.1 Å². The van der Waals surface area contributed by atoms with Crippen LogP contribution < -0.4 is 19.6 Å². The number of aromatic nitrogens is 2. The number of halogens is 3. The summed E-state index contributed by atoms with van der Waals surface area (Å²) in [6.07, 6.45) is 5.16. The van der Waals surface area contributed by atoms with E-state index in [0.717, 1.165) is 28.5 Å². The summed E-state index contributed by atoms with van der Waals surface area (Å²) in [5, 5.41) is 2.58. The van der Waals surface area contributed by atoms with Gasteiger partial charge in [-0.1, -0.05) is 83.7 Å². The summed E-state index contributed by atoms with van der Waals surface area (Å²) in [6.45, 7) is 4.46. The van der Waals surface area contributed by atoms with E-state index in [4.69, 9.17) is 49.3 Å². The van der Waals surface area contributed by atoms with Gasteiger partial charge in [-0.05, 0) is 61.4 Å². The summed E-state index contributed by atoms with van der Waals surface area (Å²) >= 11 is 20.4. The number of methoxy groups -OCH3 is 1. The van der Waals surface area contributed by atoms with Crippen LogP contribution in [0.4, 0.5) is 0 Å². The number of esters is 1. The van der Waals surface area contributed by atoms with Gasteiger partial charge in [0, 0.05) is 49.8 Å². The fourth-order valence-electron chi connectivity index (χ4n) is 5.83. The number of fused-ring (bicyclic) bond motifs is 2. The first kappa shape index (κ1) is 32.1. The van der Waals surface area contributed by atoms with Crippen molar-refractivity contribution < 1.29 is 14.3 Å². The van der Waals surface area contributed by atoms with Gasteiger partial charge >= 0.3 is 5.97 Å². The highest BCUT2D eigenvalue weighted by molar-refractivity contribution is 7.07. The number of carbonyl (C=O) groups is 1. The second kappa shape index (κ2) is 13.5. The van der Waals surface area contributed by atoms with Crippen molar-refractivity contribution in [3.63, 3.8) is 0 Å². The first-order chi connectivity index (χ1) is 22.2. The van der Waals surface area contributed by atoms with Crippen molar-refractivity contribution >= 4 is 69.1 Å². The molecule has 0 saturated heterocycles. The molecule has 0 bridgehead atoms. The molecule has 6 rings (SSSR count). The van der Waals surface area contributed by atoms with E-state index in [-0.39, 0.29) is 12.2 Å². The molecule has 3 heterocycles. The van der Waals surface area contributed by atoms with E-state index in [1.165, 1.54) is 11.3 Å². The van der Waals surface area contributed by atoms with Gasteiger partial charge < -0.3 is 14.0 Å². The monoisotopic (exact) mass is 693 g/mol. The number of nitrogens with zero attached hydrogens (tertiary/aromatic N) is 3. The van der Waals surface area contributed by atoms with Crippen LogP contribution in [0.1, 0.15) is 49.4 Å². The van der Waals surface area contributed by atoms with Gasteiger partial charge in [0.2, 0.25) is 0 Å². The molecule has 1 aliphatic rings. The van der Waals surface area contributed by atoms with Gasteiger partial charge in [0.25, 0.3) is 5.56 Å². The first-order valence-electron chi connectivity index (χ1n) is 14.8. The maximum absolute atomic E-state index is 14.4. The van der Waals surface area contributed by atoms with Gasteiger partial charge in [-0.3, -0.25) is 9.36 Å². The van der Waals surface area contributed by atoms with Gasteiger partial charge in [0.1, 0.15) is 11.8 Å². The van der Waals surface area contributed by atoms with Gasteiger partial charge in [0.15, 0.2) is 4.80 Å². The lowest BCUT2D eigenvalue weighted by Gasteiger charge is -2.27. The van der Waals surface area contributed by atoms with E-state index in [0.29, 0.717) is 60.0 Å². The Hall–Kier alpha value is -3.82. The largest absolute Gasteiger partial charge is 0.496 e. The zero-order valence-electron chi connectivity index (χ0n) is 25.4.